The lowest BCUT2D eigenvalue weighted by Crippen LogP contribution is -2.33. The Kier molecular flexibility index (Phi) is 3.99. The van der Waals surface area contributed by atoms with Gasteiger partial charge in [-0.1, -0.05) is 30.3 Å². The summed E-state index contributed by atoms with van der Waals surface area (Å²) in [5.74, 6) is 0. The van der Waals surface area contributed by atoms with Gasteiger partial charge in [0.05, 0.1) is 6.04 Å². The second-order valence-electron chi connectivity index (χ2n) is 2.87. The van der Waals surface area contributed by atoms with Gasteiger partial charge in [-0.2, -0.15) is 0 Å². The van der Waals surface area contributed by atoms with Gasteiger partial charge in [0.1, 0.15) is 0 Å². The number of nitrogens with one attached hydrogen (secondary N) is 1. The predicted molar refractivity (Wildman–Crippen MR) is 57.0 cm³/mol. The maximum absolute atomic E-state index is 11.0. The van der Waals surface area contributed by atoms with E-state index in [4.69, 9.17) is 0 Å². The van der Waals surface area contributed by atoms with Crippen molar-refractivity contribution < 1.29 is 4.79 Å². The maximum Gasteiger partial charge on any atom is 0.203 e. The molecule has 1 atom stereocenters. The summed E-state index contributed by atoms with van der Waals surface area (Å²) in [6.45, 7) is 0. The van der Waals surface area contributed by atoms with Gasteiger partial charge in [-0.3, -0.25) is 4.79 Å². The van der Waals surface area contributed by atoms with E-state index < -0.39 is 0 Å². The number of carbonyl (C=O) groups is 1. The fourth-order valence-corrected chi connectivity index (χ4v) is 1.38. The first-order valence-corrected chi connectivity index (χ1v) is 4.62. The minimum Gasteiger partial charge on any atom is -0.310 e. The standard InChI is InChI=1S/C10H13NOS/c1-11-9(10(12)13)7-8-5-3-2-4-6-8/h2-6,9,11H,7H2,1H3,(H,12,13)/t9-/m0/s1. The number of carbonyl (C=O) groups excluding carboxylic acids is 1. The van der Waals surface area contributed by atoms with E-state index >= 15 is 0 Å². The molecule has 0 saturated heterocycles. The van der Waals surface area contributed by atoms with E-state index in [0.29, 0.717) is 6.42 Å². The summed E-state index contributed by atoms with van der Waals surface area (Å²) in [5.41, 5.74) is 1.14. The lowest BCUT2D eigenvalue weighted by Gasteiger charge is -2.11. The van der Waals surface area contributed by atoms with Gasteiger partial charge in [-0.15, -0.1) is 12.6 Å². The quantitative estimate of drug-likeness (QED) is 0.709. The van der Waals surface area contributed by atoms with Crippen molar-refractivity contribution in [2.45, 2.75) is 12.5 Å². The molecular weight excluding hydrogens is 182 g/mol. The van der Waals surface area contributed by atoms with Crippen molar-refractivity contribution in [3.05, 3.63) is 35.9 Å². The van der Waals surface area contributed by atoms with Crippen molar-refractivity contribution in [3.8, 4) is 0 Å². The molecule has 0 radical (unpaired) electrons. The Balaban J connectivity index is 2.62. The third-order valence-corrected chi connectivity index (χ3v) is 2.24. The second-order valence-corrected chi connectivity index (χ2v) is 3.31. The minimum absolute atomic E-state index is 0.119. The lowest BCUT2D eigenvalue weighted by atomic mass is 10.1. The molecule has 2 nitrogen and oxygen atoms in total. The molecule has 0 aliphatic carbocycles. The molecule has 0 amide bonds. The molecule has 1 N–H and O–H groups in total. The molecule has 1 aromatic carbocycles. The van der Waals surface area contributed by atoms with Crippen LogP contribution in [-0.2, 0) is 11.2 Å². The largest absolute Gasteiger partial charge is 0.310 e. The summed E-state index contributed by atoms with van der Waals surface area (Å²) in [5, 5.41) is 2.80. The van der Waals surface area contributed by atoms with Crippen molar-refractivity contribution in [1.29, 1.82) is 0 Å². The van der Waals surface area contributed by atoms with Crippen LogP contribution >= 0.6 is 12.6 Å². The Bertz CT molecular complexity index is 274. The Morgan fingerprint density at radius 3 is 2.54 bits per heavy atom. The average Bonchev–Trinajstić information content (AvgIpc) is 2.15. The molecule has 0 fully saturated rings. The molecule has 0 spiro atoms. The van der Waals surface area contributed by atoms with Crippen LogP contribution in [0.5, 0.6) is 0 Å². The summed E-state index contributed by atoms with van der Waals surface area (Å²) in [6.07, 6.45) is 0.694. The van der Waals surface area contributed by atoms with Crippen LogP contribution in [0.15, 0.2) is 30.3 Å². The van der Waals surface area contributed by atoms with Crippen molar-refractivity contribution >= 4 is 17.7 Å². The number of thiol groups is 1. The van der Waals surface area contributed by atoms with E-state index in [1.165, 1.54) is 0 Å². The number of hydrogen-bond donors (Lipinski definition) is 2. The summed E-state index contributed by atoms with van der Waals surface area (Å²) >= 11 is 3.80. The highest BCUT2D eigenvalue weighted by Crippen LogP contribution is 2.04. The first kappa shape index (κ1) is 10.3. The zero-order chi connectivity index (χ0) is 9.68. The summed E-state index contributed by atoms with van der Waals surface area (Å²) in [7, 11) is 1.77. The van der Waals surface area contributed by atoms with Crippen LogP contribution in [0.2, 0.25) is 0 Å². The normalized spacial score (nSPS) is 12.5. The molecule has 0 saturated carbocycles. The number of likely N-dealkylation sites (N-methyl/N-ethyl adjacent to an activating group) is 1. The van der Waals surface area contributed by atoms with E-state index in [-0.39, 0.29) is 11.2 Å². The maximum atomic E-state index is 11.0. The Labute approximate surface area is 83.8 Å². The van der Waals surface area contributed by atoms with Gasteiger partial charge in [0.2, 0.25) is 5.12 Å². The zero-order valence-electron chi connectivity index (χ0n) is 7.53. The van der Waals surface area contributed by atoms with Gasteiger partial charge < -0.3 is 5.32 Å². The highest BCUT2D eigenvalue weighted by atomic mass is 32.1. The van der Waals surface area contributed by atoms with E-state index in [1.807, 2.05) is 30.3 Å². The second kappa shape index (κ2) is 5.04. The lowest BCUT2D eigenvalue weighted by molar-refractivity contribution is -0.112. The van der Waals surface area contributed by atoms with Gasteiger partial charge in [0, 0.05) is 0 Å². The Morgan fingerprint density at radius 1 is 1.46 bits per heavy atom. The minimum atomic E-state index is -0.189. The fraction of sp³-hybridized carbons (Fsp3) is 0.300. The summed E-state index contributed by atoms with van der Waals surface area (Å²) < 4.78 is 0. The van der Waals surface area contributed by atoms with E-state index in [1.54, 1.807) is 7.05 Å². The highest BCUT2D eigenvalue weighted by Gasteiger charge is 2.12. The van der Waals surface area contributed by atoms with Gasteiger partial charge in [0.15, 0.2) is 0 Å². The molecule has 0 unspecified atom stereocenters. The number of hydrogen-bond acceptors (Lipinski definition) is 2. The zero-order valence-corrected chi connectivity index (χ0v) is 8.42. The van der Waals surface area contributed by atoms with E-state index in [0.717, 1.165) is 5.56 Å². The molecule has 0 heterocycles. The van der Waals surface area contributed by atoms with Crippen molar-refractivity contribution in [2.24, 2.45) is 0 Å². The monoisotopic (exact) mass is 195 g/mol. The highest BCUT2D eigenvalue weighted by molar-refractivity contribution is 7.96. The van der Waals surface area contributed by atoms with Crippen molar-refractivity contribution in [2.75, 3.05) is 7.05 Å². The van der Waals surface area contributed by atoms with Crippen LogP contribution < -0.4 is 5.32 Å². The van der Waals surface area contributed by atoms with Crippen LogP contribution in [0.1, 0.15) is 5.56 Å². The molecule has 0 aliphatic heterocycles. The molecule has 13 heavy (non-hydrogen) atoms. The Morgan fingerprint density at radius 2 is 2.08 bits per heavy atom. The summed E-state index contributed by atoms with van der Waals surface area (Å²) in [6, 6.07) is 9.70. The molecule has 0 bridgehead atoms. The molecule has 1 rings (SSSR count). The van der Waals surface area contributed by atoms with Gasteiger partial charge in [0.25, 0.3) is 0 Å². The van der Waals surface area contributed by atoms with Crippen LogP contribution in [0, 0.1) is 0 Å². The third kappa shape index (κ3) is 3.20. The van der Waals surface area contributed by atoms with Gasteiger partial charge in [-0.25, -0.2) is 0 Å². The Hall–Kier alpha value is -0.800. The van der Waals surface area contributed by atoms with Crippen LogP contribution in [0.25, 0.3) is 0 Å². The van der Waals surface area contributed by atoms with Crippen molar-refractivity contribution in [1.82, 2.24) is 5.32 Å². The van der Waals surface area contributed by atoms with Gasteiger partial charge >= 0.3 is 0 Å². The fourth-order valence-electron chi connectivity index (χ4n) is 1.16. The molecule has 70 valence electrons. The summed E-state index contributed by atoms with van der Waals surface area (Å²) in [4.78, 5) is 11.0. The molecule has 0 aromatic heterocycles. The first-order valence-electron chi connectivity index (χ1n) is 4.18. The molecular formula is C10H13NOS. The average molecular weight is 195 g/mol. The van der Waals surface area contributed by atoms with E-state index in [2.05, 4.69) is 17.9 Å². The first-order chi connectivity index (χ1) is 6.24. The SMILES string of the molecule is CN[C@@H](Cc1ccccc1)C(=O)S. The topological polar surface area (TPSA) is 29.1 Å². The predicted octanol–water partition coefficient (Wildman–Crippen LogP) is 1.27. The molecule has 1 aromatic rings. The molecule has 3 heteroatoms. The van der Waals surface area contributed by atoms with Gasteiger partial charge in [-0.05, 0) is 19.0 Å². The third-order valence-electron chi connectivity index (χ3n) is 1.93. The van der Waals surface area contributed by atoms with Crippen LogP contribution in [0.3, 0.4) is 0 Å². The number of rotatable bonds is 4. The van der Waals surface area contributed by atoms with Crippen LogP contribution in [0.4, 0.5) is 0 Å². The van der Waals surface area contributed by atoms with E-state index in [9.17, 15) is 4.79 Å². The number of benzene rings is 1. The smallest absolute Gasteiger partial charge is 0.203 e. The van der Waals surface area contributed by atoms with Crippen LogP contribution in [-0.4, -0.2) is 18.2 Å². The van der Waals surface area contributed by atoms with Crippen molar-refractivity contribution in [3.63, 3.8) is 0 Å². The molecule has 0 aliphatic rings.